The number of rotatable bonds is 6. The van der Waals surface area contributed by atoms with Gasteiger partial charge in [0.2, 0.25) is 0 Å². The molecule has 0 aliphatic rings. The Morgan fingerprint density at radius 1 is 1.62 bits per heavy atom. The standard InChI is InChI=1S/C10H18O2S/c1-4-5-8-13(12)10(3)7-6-9(2)11/h6-7,10H,4-5,8H2,1-3H3/b7-6+. The van der Waals surface area contributed by atoms with Crippen molar-refractivity contribution in [1.82, 2.24) is 0 Å². The van der Waals surface area contributed by atoms with Crippen LogP contribution in [0.5, 0.6) is 0 Å². The summed E-state index contributed by atoms with van der Waals surface area (Å²) in [5.74, 6) is 0.749. The van der Waals surface area contributed by atoms with Crippen LogP contribution in [0.25, 0.3) is 0 Å². The molecule has 0 fully saturated rings. The Balaban J connectivity index is 3.81. The molecule has 2 atom stereocenters. The number of unbranched alkanes of at least 4 members (excludes halogenated alkanes) is 1. The Labute approximate surface area is 83.6 Å². The third-order valence-corrected chi connectivity index (χ3v) is 3.39. The van der Waals surface area contributed by atoms with E-state index in [1.807, 2.05) is 6.92 Å². The number of carbonyl (C=O) groups is 1. The average molecular weight is 202 g/mol. The predicted molar refractivity (Wildman–Crippen MR) is 57.2 cm³/mol. The number of carbonyl (C=O) groups excluding carboxylic acids is 1. The molecule has 0 aromatic heterocycles. The minimum atomic E-state index is -0.820. The van der Waals surface area contributed by atoms with Gasteiger partial charge in [0, 0.05) is 0 Å². The molecule has 76 valence electrons. The number of hydrogen-bond donors (Lipinski definition) is 0. The molecule has 0 saturated carbocycles. The maximum Gasteiger partial charge on any atom is 0.152 e. The van der Waals surface area contributed by atoms with Gasteiger partial charge in [0.05, 0.1) is 0 Å². The van der Waals surface area contributed by atoms with Crippen LogP contribution in [-0.2, 0) is 16.0 Å². The van der Waals surface area contributed by atoms with E-state index in [4.69, 9.17) is 0 Å². The van der Waals surface area contributed by atoms with Crippen molar-refractivity contribution in [2.45, 2.75) is 38.9 Å². The van der Waals surface area contributed by atoms with Gasteiger partial charge in [0.25, 0.3) is 0 Å². The third-order valence-electron chi connectivity index (χ3n) is 1.72. The van der Waals surface area contributed by atoms with Gasteiger partial charge in [-0.2, -0.15) is 0 Å². The largest absolute Gasteiger partial charge is 0.616 e. The lowest BCUT2D eigenvalue weighted by molar-refractivity contribution is -0.112. The zero-order valence-electron chi connectivity index (χ0n) is 8.58. The van der Waals surface area contributed by atoms with Gasteiger partial charge in [0.15, 0.2) is 5.78 Å². The number of hydrogen-bond acceptors (Lipinski definition) is 2. The lowest BCUT2D eigenvalue weighted by Gasteiger charge is -2.14. The summed E-state index contributed by atoms with van der Waals surface area (Å²) < 4.78 is 11.5. The first-order valence-corrected chi connectivity index (χ1v) is 6.02. The highest BCUT2D eigenvalue weighted by Gasteiger charge is 2.12. The van der Waals surface area contributed by atoms with Gasteiger partial charge in [-0.25, -0.2) is 0 Å². The highest BCUT2D eigenvalue weighted by molar-refractivity contribution is 7.92. The number of ketones is 1. The minimum Gasteiger partial charge on any atom is -0.616 e. The lowest BCUT2D eigenvalue weighted by Crippen LogP contribution is -2.19. The predicted octanol–water partition coefficient (Wildman–Crippen LogP) is 2.07. The van der Waals surface area contributed by atoms with Crippen LogP contribution in [0.2, 0.25) is 0 Å². The molecule has 13 heavy (non-hydrogen) atoms. The van der Waals surface area contributed by atoms with E-state index in [0.717, 1.165) is 18.6 Å². The van der Waals surface area contributed by atoms with Crippen molar-refractivity contribution in [3.8, 4) is 0 Å². The van der Waals surface area contributed by atoms with Crippen molar-refractivity contribution in [2.75, 3.05) is 5.75 Å². The summed E-state index contributed by atoms with van der Waals surface area (Å²) in [4.78, 5) is 10.6. The van der Waals surface area contributed by atoms with Crippen LogP contribution < -0.4 is 0 Å². The van der Waals surface area contributed by atoms with E-state index in [0.29, 0.717) is 0 Å². The average Bonchev–Trinajstić information content (AvgIpc) is 2.10. The molecule has 0 aliphatic heterocycles. The Morgan fingerprint density at radius 2 is 2.23 bits per heavy atom. The Morgan fingerprint density at radius 3 is 2.69 bits per heavy atom. The van der Waals surface area contributed by atoms with Crippen LogP contribution in [0.1, 0.15) is 33.6 Å². The van der Waals surface area contributed by atoms with E-state index in [1.165, 1.54) is 13.0 Å². The highest BCUT2D eigenvalue weighted by atomic mass is 32.2. The lowest BCUT2D eigenvalue weighted by atomic mass is 10.3. The molecule has 0 aromatic carbocycles. The zero-order valence-corrected chi connectivity index (χ0v) is 9.39. The summed E-state index contributed by atoms with van der Waals surface area (Å²) >= 11 is -0.820. The quantitative estimate of drug-likeness (QED) is 0.488. The molecule has 0 bridgehead atoms. The molecule has 0 aliphatic carbocycles. The van der Waals surface area contributed by atoms with Crippen LogP contribution >= 0.6 is 0 Å². The van der Waals surface area contributed by atoms with Gasteiger partial charge in [-0.1, -0.05) is 13.3 Å². The summed E-state index contributed by atoms with van der Waals surface area (Å²) in [5, 5.41) is -0.00421. The SMILES string of the molecule is CCCC[S+]([O-])C(C)/C=C/C(C)=O. The molecular formula is C10H18O2S. The van der Waals surface area contributed by atoms with Gasteiger partial charge in [-0.05, 0) is 43.6 Å². The second-order valence-corrected chi connectivity index (χ2v) is 5.03. The van der Waals surface area contributed by atoms with Crippen molar-refractivity contribution < 1.29 is 9.35 Å². The van der Waals surface area contributed by atoms with Gasteiger partial charge in [-0.15, -0.1) is 0 Å². The molecule has 2 unspecified atom stereocenters. The summed E-state index contributed by atoms with van der Waals surface area (Å²) in [6, 6.07) is 0. The first-order valence-electron chi connectivity index (χ1n) is 4.63. The summed E-state index contributed by atoms with van der Waals surface area (Å²) in [6.07, 6.45) is 5.28. The first kappa shape index (κ1) is 12.7. The molecule has 3 heteroatoms. The molecule has 0 amide bonds. The van der Waals surface area contributed by atoms with E-state index < -0.39 is 11.2 Å². The van der Waals surface area contributed by atoms with Gasteiger partial charge in [-0.3, -0.25) is 4.79 Å². The van der Waals surface area contributed by atoms with Crippen LogP contribution in [-0.4, -0.2) is 21.3 Å². The van der Waals surface area contributed by atoms with E-state index in [2.05, 4.69) is 6.92 Å². The van der Waals surface area contributed by atoms with Crippen molar-refractivity contribution >= 4 is 17.0 Å². The molecule has 0 saturated heterocycles. The monoisotopic (exact) mass is 202 g/mol. The Bertz CT molecular complexity index is 178. The van der Waals surface area contributed by atoms with Crippen molar-refractivity contribution in [3.63, 3.8) is 0 Å². The Kier molecular flexibility index (Phi) is 7.00. The molecule has 0 rings (SSSR count). The minimum absolute atomic E-state index is 0.00421. The second-order valence-electron chi connectivity index (χ2n) is 3.11. The highest BCUT2D eigenvalue weighted by Crippen LogP contribution is 2.06. The fraction of sp³-hybridized carbons (Fsp3) is 0.700. The fourth-order valence-electron chi connectivity index (χ4n) is 0.831. The summed E-state index contributed by atoms with van der Waals surface area (Å²) in [6.45, 7) is 5.46. The van der Waals surface area contributed by atoms with Crippen LogP contribution in [0, 0.1) is 0 Å². The van der Waals surface area contributed by atoms with Gasteiger partial charge < -0.3 is 4.55 Å². The van der Waals surface area contributed by atoms with E-state index in [1.54, 1.807) is 6.08 Å². The van der Waals surface area contributed by atoms with Crippen molar-refractivity contribution in [2.24, 2.45) is 0 Å². The van der Waals surface area contributed by atoms with Gasteiger partial charge in [0.1, 0.15) is 11.0 Å². The van der Waals surface area contributed by atoms with Crippen LogP contribution in [0.3, 0.4) is 0 Å². The third kappa shape index (κ3) is 6.84. The fourth-order valence-corrected chi connectivity index (χ4v) is 2.03. The molecule has 0 N–H and O–H groups in total. The molecular weight excluding hydrogens is 184 g/mol. The van der Waals surface area contributed by atoms with E-state index >= 15 is 0 Å². The van der Waals surface area contributed by atoms with Crippen LogP contribution in [0.4, 0.5) is 0 Å². The van der Waals surface area contributed by atoms with E-state index in [9.17, 15) is 9.35 Å². The molecule has 2 nitrogen and oxygen atoms in total. The topological polar surface area (TPSA) is 40.1 Å². The van der Waals surface area contributed by atoms with Crippen LogP contribution in [0.15, 0.2) is 12.2 Å². The molecule has 0 heterocycles. The summed E-state index contributed by atoms with van der Waals surface area (Å²) in [7, 11) is 0. The Hall–Kier alpha value is -0.280. The normalized spacial score (nSPS) is 16.0. The summed E-state index contributed by atoms with van der Waals surface area (Å²) in [5.41, 5.74) is 0. The maximum atomic E-state index is 11.5. The molecule has 0 radical (unpaired) electrons. The second kappa shape index (κ2) is 7.15. The van der Waals surface area contributed by atoms with Crippen molar-refractivity contribution in [3.05, 3.63) is 12.2 Å². The number of allylic oxidation sites excluding steroid dienone is 1. The zero-order chi connectivity index (χ0) is 10.3. The maximum absolute atomic E-state index is 11.5. The molecule has 0 spiro atoms. The smallest absolute Gasteiger partial charge is 0.152 e. The van der Waals surface area contributed by atoms with Crippen molar-refractivity contribution in [1.29, 1.82) is 0 Å². The van der Waals surface area contributed by atoms with Gasteiger partial charge >= 0.3 is 0 Å². The van der Waals surface area contributed by atoms with E-state index in [-0.39, 0.29) is 11.0 Å². The first-order chi connectivity index (χ1) is 6.07. The molecule has 0 aromatic rings.